The molecule has 0 aliphatic carbocycles. The van der Waals surface area contributed by atoms with Gasteiger partial charge in [-0.05, 0) is 102 Å². The van der Waals surface area contributed by atoms with E-state index in [1.165, 1.54) is 70.6 Å². The lowest BCUT2D eigenvalue weighted by Crippen LogP contribution is -2.47. The number of allylic oxidation sites excluding steroid dienone is 13. The third kappa shape index (κ3) is 48.2. The number of carbonyl (C=O) groups excluding carboxylic acids is 2. The number of phosphoric acid groups is 1. The minimum atomic E-state index is -4.71. The van der Waals surface area contributed by atoms with Crippen LogP contribution in [0.15, 0.2) is 85.1 Å². The number of carbonyl (C=O) groups is 2. The Labute approximate surface area is 418 Å². The lowest BCUT2D eigenvalue weighted by molar-refractivity contribution is -0.870. The molecule has 0 saturated heterocycles. The summed E-state index contributed by atoms with van der Waals surface area (Å²) in [7, 11) is 1.14. The molecule has 1 N–H and O–H groups in total. The second-order valence-corrected chi connectivity index (χ2v) is 20.8. The number of nitrogens with one attached hydrogen (secondary N) is 1. The molecule has 0 aromatic heterocycles. The Bertz CT molecular complexity index is 1440. The summed E-state index contributed by atoms with van der Waals surface area (Å²) in [5, 5.41) is 2.99. The summed E-state index contributed by atoms with van der Waals surface area (Å²) in [5.41, 5.74) is 0. The molecular weight excluding hydrogens is 868 g/mol. The minimum Gasteiger partial charge on any atom is -0.756 e. The molecule has 0 bridgehead atoms. The smallest absolute Gasteiger partial charge is 0.306 e. The molecule has 0 spiro atoms. The Morgan fingerprint density at radius 2 is 0.941 bits per heavy atom. The number of likely N-dealkylation sites (N-methyl/N-ethyl adjacent to an activating group) is 1. The van der Waals surface area contributed by atoms with E-state index in [-0.39, 0.29) is 31.3 Å². The van der Waals surface area contributed by atoms with Crippen molar-refractivity contribution in [2.24, 2.45) is 0 Å². The van der Waals surface area contributed by atoms with Gasteiger partial charge in [-0.3, -0.25) is 14.2 Å². The molecule has 0 aliphatic rings. The standard InChI is InChI=1S/C58H103N2O7P/c1-7-10-13-16-19-22-25-27-29-30-31-33-36-39-42-45-48-51-58(62)67-56(49-46-43-40-37-34-24-21-18-15-12-9-3)55(54-66-68(63,64)65-53-52-60(4,5)6)59-57(61)50-47-44-41-38-35-32-28-26-23-20-17-14-11-8-2/h11,14,19-20,22-23,27-29,31-33,46,49,55-56H,7-10,12-13,15-18,21,24-26,30,34-45,47-48,50-54H2,1-6H3,(H-,59,61,63,64)/b14-11+,22-19-,23-20+,29-27-,32-28+,33-31-,49-46+. The summed E-state index contributed by atoms with van der Waals surface area (Å²) in [5.74, 6) is -0.599. The molecule has 3 atom stereocenters. The van der Waals surface area contributed by atoms with Crippen LogP contribution in [0.25, 0.3) is 0 Å². The zero-order chi connectivity index (χ0) is 50.1. The number of amides is 1. The number of quaternary nitrogens is 1. The number of ether oxygens (including phenoxy) is 1. The van der Waals surface area contributed by atoms with Crippen molar-refractivity contribution >= 4 is 19.7 Å². The van der Waals surface area contributed by atoms with Crippen molar-refractivity contribution in [3.63, 3.8) is 0 Å². The molecule has 3 unspecified atom stereocenters. The van der Waals surface area contributed by atoms with E-state index in [0.717, 1.165) is 103 Å². The Kier molecular flexibility index (Phi) is 45.9. The van der Waals surface area contributed by atoms with Crippen LogP contribution in [0.5, 0.6) is 0 Å². The second-order valence-electron chi connectivity index (χ2n) is 19.3. The Morgan fingerprint density at radius 1 is 0.529 bits per heavy atom. The highest BCUT2D eigenvalue weighted by atomic mass is 31.2. The van der Waals surface area contributed by atoms with Crippen LogP contribution in [0.2, 0.25) is 0 Å². The highest BCUT2D eigenvalue weighted by molar-refractivity contribution is 7.45. The molecule has 68 heavy (non-hydrogen) atoms. The van der Waals surface area contributed by atoms with Crippen molar-refractivity contribution in [3.05, 3.63) is 85.1 Å². The van der Waals surface area contributed by atoms with Crippen LogP contribution in [-0.4, -0.2) is 69.4 Å². The Balaban J connectivity index is 5.44. The maximum Gasteiger partial charge on any atom is 0.306 e. The predicted molar refractivity (Wildman–Crippen MR) is 288 cm³/mol. The summed E-state index contributed by atoms with van der Waals surface area (Å²) >= 11 is 0. The fourth-order valence-corrected chi connectivity index (χ4v) is 8.03. The van der Waals surface area contributed by atoms with Gasteiger partial charge in [0.25, 0.3) is 7.82 Å². The molecule has 0 fully saturated rings. The lowest BCUT2D eigenvalue weighted by atomic mass is 10.1. The predicted octanol–water partition coefficient (Wildman–Crippen LogP) is 15.6. The van der Waals surface area contributed by atoms with E-state index >= 15 is 0 Å². The van der Waals surface area contributed by atoms with E-state index in [2.05, 4.69) is 99.0 Å². The first-order valence-electron chi connectivity index (χ1n) is 27.4. The monoisotopic (exact) mass is 971 g/mol. The van der Waals surface area contributed by atoms with Crippen molar-refractivity contribution in [2.75, 3.05) is 40.9 Å². The molecule has 392 valence electrons. The zero-order valence-corrected chi connectivity index (χ0v) is 45.4. The summed E-state index contributed by atoms with van der Waals surface area (Å²) in [6, 6.07) is -0.911. The first-order valence-corrected chi connectivity index (χ1v) is 28.9. The first-order chi connectivity index (χ1) is 32.9. The second kappa shape index (κ2) is 47.8. The van der Waals surface area contributed by atoms with Gasteiger partial charge in [0.15, 0.2) is 0 Å². The number of hydrogen-bond acceptors (Lipinski definition) is 7. The SMILES string of the molecule is CC/C=C/C/C=C/C/C=C/CCCCCCC(=O)NC(COP(=O)([O-])OCC[N+](C)(C)C)C(/C=C/CCCCCCCCCCC)OC(=O)CCCCCC/C=C\C/C=C\C/C=C\CCCCC. The maximum absolute atomic E-state index is 13.4. The average Bonchev–Trinajstić information content (AvgIpc) is 3.29. The highest BCUT2D eigenvalue weighted by Crippen LogP contribution is 2.38. The largest absolute Gasteiger partial charge is 0.756 e. The van der Waals surface area contributed by atoms with Gasteiger partial charge < -0.3 is 28.5 Å². The van der Waals surface area contributed by atoms with Gasteiger partial charge in [0, 0.05) is 12.8 Å². The summed E-state index contributed by atoms with van der Waals surface area (Å²) < 4.78 is 30.1. The van der Waals surface area contributed by atoms with Crippen molar-refractivity contribution in [3.8, 4) is 0 Å². The van der Waals surface area contributed by atoms with Gasteiger partial charge >= 0.3 is 5.97 Å². The van der Waals surface area contributed by atoms with Gasteiger partial charge in [-0.1, -0.05) is 190 Å². The molecule has 9 nitrogen and oxygen atoms in total. The molecule has 0 rings (SSSR count). The zero-order valence-electron chi connectivity index (χ0n) is 44.5. The molecule has 0 radical (unpaired) electrons. The van der Waals surface area contributed by atoms with E-state index < -0.39 is 26.6 Å². The third-order valence-electron chi connectivity index (χ3n) is 11.6. The fraction of sp³-hybridized carbons (Fsp3) is 0.724. The van der Waals surface area contributed by atoms with Gasteiger partial charge in [0.1, 0.15) is 19.3 Å². The number of rotatable bonds is 48. The van der Waals surface area contributed by atoms with Gasteiger partial charge in [0.2, 0.25) is 5.91 Å². The number of nitrogens with zero attached hydrogens (tertiary/aromatic N) is 1. The summed E-state index contributed by atoms with van der Waals surface area (Å²) in [6.45, 7) is 6.64. The highest BCUT2D eigenvalue weighted by Gasteiger charge is 2.27. The normalized spacial score (nSPS) is 14.5. The van der Waals surface area contributed by atoms with E-state index in [4.69, 9.17) is 13.8 Å². The van der Waals surface area contributed by atoms with Crippen LogP contribution in [0.1, 0.15) is 220 Å². The molecule has 0 aromatic rings. The Hall–Kier alpha value is -2.81. The van der Waals surface area contributed by atoms with Gasteiger partial charge in [-0.2, -0.15) is 0 Å². The van der Waals surface area contributed by atoms with Crippen LogP contribution < -0.4 is 10.2 Å². The first kappa shape index (κ1) is 65.2. The third-order valence-corrected chi connectivity index (χ3v) is 12.5. The van der Waals surface area contributed by atoms with E-state index in [9.17, 15) is 19.0 Å². The van der Waals surface area contributed by atoms with Crippen molar-refractivity contribution in [1.29, 1.82) is 0 Å². The molecular formula is C58H103N2O7P. The van der Waals surface area contributed by atoms with Gasteiger partial charge in [0.05, 0.1) is 33.8 Å². The molecule has 0 saturated carbocycles. The fourth-order valence-electron chi connectivity index (χ4n) is 7.31. The van der Waals surface area contributed by atoms with Crippen LogP contribution in [0.4, 0.5) is 0 Å². The van der Waals surface area contributed by atoms with E-state index in [1.807, 2.05) is 33.3 Å². The molecule has 0 heterocycles. The van der Waals surface area contributed by atoms with Gasteiger partial charge in [-0.15, -0.1) is 0 Å². The van der Waals surface area contributed by atoms with Crippen molar-refractivity contribution in [1.82, 2.24) is 5.32 Å². The average molecular weight is 971 g/mol. The maximum atomic E-state index is 13.4. The number of phosphoric ester groups is 1. The van der Waals surface area contributed by atoms with Crippen LogP contribution in [0, 0.1) is 0 Å². The quantitative estimate of drug-likeness (QED) is 0.0212. The van der Waals surface area contributed by atoms with Crippen molar-refractivity contribution < 1.29 is 37.3 Å². The molecule has 0 aliphatic heterocycles. The minimum absolute atomic E-state index is 0.0346. The number of unbranched alkanes of at least 4 members (excludes halogenated alkanes) is 20. The summed E-state index contributed by atoms with van der Waals surface area (Å²) in [4.78, 5) is 39.7. The van der Waals surface area contributed by atoms with Crippen molar-refractivity contribution in [2.45, 2.75) is 232 Å². The topological polar surface area (TPSA) is 114 Å². The number of esters is 1. The lowest BCUT2D eigenvalue weighted by Gasteiger charge is -2.30. The molecule has 0 aromatic carbocycles. The van der Waals surface area contributed by atoms with Crippen LogP contribution >= 0.6 is 7.82 Å². The Morgan fingerprint density at radius 3 is 1.44 bits per heavy atom. The number of hydrogen-bond donors (Lipinski definition) is 1. The van der Waals surface area contributed by atoms with Gasteiger partial charge in [-0.25, -0.2) is 0 Å². The van der Waals surface area contributed by atoms with Crippen LogP contribution in [-0.2, 0) is 27.9 Å². The summed E-state index contributed by atoms with van der Waals surface area (Å²) in [6.07, 6.45) is 61.2. The van der Waals surface area contributed by atoms with Crippen LogP contribution in [0.3, 0.4) is 0 Å². The molecule has 10 heteroatoms. The van der Waals surface area contributed by atoms with E-state index in [0.29, 0.717) is 23.9 Å². The van der Waals surface area contributed by atoms with E-state index in [1.54, 1.807) is 0 Å². The molecule has 1 amide bonds.